The van der Waals surface area contributed by atoms with Crippen LogP contribution in [0, 0.1) is 0 Å². The number of allylic oxidation sites excluding steroid dienone is 1. The van der Waals surface area contributed by atoms with E-state index in [1.807, 2.05) is 6.92 Å². The lowest BCUT2D eigenvalue weighted by Crippen LogP contribution is -2.24. The molecule has 0 spiro atoms. The summed E-state index contributed by atoms with van der Waals surface area (Å²) in [4.78, 5) is 0.234. The van der Waals surface area contributed by atoms with Crippen LogP contribution in [-0.2, 0) is 16.4 Å². The Kier molecular flexibility index (Phi) is 4.72. The fraction of sp³-hybridized carbons (Fsp3) is 0.333. The average molecular weight is 255 g/mol. The molecule has 4 nitrogen and oxygen atoms in total. The molecule has 0 heterocycles. The van der Waals surface area contributed by atoms with Gasteiger partial charge in [-0.3, -0.25) is 0 Å². The zero-order chi connectivity index (χ0) is 12.9. The predicted molar refractivity (Wildman–Crippen MR) is 67.4 cm³/mol. The SMILES string of the molecule is C=C(O)Cc1ccc(S(=O)(=O)NCCC)cc1. The molecule has 2 N–H and O–H groups in total. The third kappa shape index (κ3) is 4.20. The maximum Gasteiger partial charge on any atom is 0.240 e. The fourth-order valence-corrected chi connectivity index (χ4v) is 2.48. The van der Waals surface area contributed by atoms with E-state index in [1.54, 1.807) is 12.1 Å². The fourth-order valence-electron chi connectivity index (χ4n) is 1.34. The highest BCUT2D eigenvalue weighted by molar-refractivity contribution is 7.89. The van der Waals surface area contributed by atoms with E-state index in [2.05, 4.69) is 11.3 Å². The largest absolute Gasteiger partial charge is 0.513 e. The third-order valence-corrected chi connectivity index (χ3v) is 3.66. The van der Waals surface area contributed by atoms with Crippen molar-refractivity contribution in [3.8, 4) is 0 Å². The molecular weight excluding hydrogens is 238 g/mol. The van der Waals surface area contributed by atoms with Gasteiger partial charge in [-0.05, 0) is 24.1 Å². The number of nitrogens with one attached hydrogen (secondary N) is 1. The Balaban J connectivity index is 2.83. The third-order valence-electron chi connectivity index (χ3n) is 2.18. The van der Waals surface area contributed by atoms with Crippen LogP contribution in [-0.4, -0.2) is 20.1 Å². The molecule has 1 aromatic carbocycles. The van der Waals surface area contributed by atoms with Gasteiger partial charge in [0.2, 0.25) is 10.0 Å². The molecule has 0 aliphatic heterocycles. The molecule has 0 fully saturated rings. The van der Waals surface area contributed by atoms with E-state index in [0.717, 1.165) is 12.0 Å². The molecule has 17 heavy (non-hydrogen) atoms. The molecular formula is C12H17NO3S. The molecule has 0 saturated carbocycles. The Bertz CT molecular complexity index is 477. The maximum atomic E-state index is 11.7. The second-order valence-corrected chi connectivity index (χ2v) is 5.55. The topological polar surface area (TPSA) is 66.4 Å². The summed E-state index contributed by atoms with van der Waals surface area (Å²) in [7, 11) is -3.40. The Morgan fingerprint density at radius 1 is 1.35 bits per heavy atom. The first-order chi connectivity index (χ1) is 7.95. The van der Waals surface area contributed by atoms with Crippen molar-refractivity contribution in [3.05, 3.63) is 42.2 Å². The van der Waals surface area contributed by atoms with Crippen molar-refractivity contribution in [2.75, 3.05) is 6.54 Å². The van der Waals surface area contributed by atoms with E-state index in [-0.39, 0.29) is 10.7 Å². The molecule has 0 amide bonds. The molecule has 0 saturated heterocycles. The zero-order valence-electron chi connectivity index (χ0n) is 9.81. The van der Waals surface area contributed by atoms with Gasteiger partial charge in [-0.25, -0.2) is 13.1 Å². The summed E-state index contributed by atoms with van der Waals surface area (Å²) in [5, 5.41) is 9.03. The lowest BCUT2D eigenvalue weighted by Gasteiger charge is -2.06. The number of aliphatic hydroxyl groups excluding tert-OH is 1. The first kappa shape index (κ1) is 13.7. The molecule has 94 valence electrons. The predicted octanol–water partition coefficient (Wildman–Crippen LogP) is 1.99. The molecule has 0 radical (unpaired) electrons. The maximum absolute atomic E-state index is 11.7. The van der Waals surface area contributed by atoms with Crippen molar-refractivity contribution in [1.29, 1.82) is 0 Å². The summed E-state index contributed by atoms with van der Waals surface area (Å²) < 4.78 is 26.0. The minimum Gasteiger partial charge on any atom is -0.513 e. The van der Waals surface area contributed by atoms with Crippen molar-refractivity contribution in [3.63, 3.8) is 0 Å². The van der Waals surface area contributed by atoms with Gasteiger partial charge in [-0.1, -0.05) is 25.6 Å². The summed E-state index contributed by atoms with van der Waals surface area (Å²) in [5.74, 6) is 0.0599. The Morgan fingerprint density at radius 2 is 1.94 bits per heavy atom. The number of sulfonamides is 1. The quantitative estimate of drug-likeness (QED) is 0.764. The van der Waals surface area contributed by atoms with E-state index in [4.69, 9.17) is 5.11 Å². The lowest BCUT2D eigenvalue weighted by atomic mass is 10.1. The number of rotatable bonds is 6. The van der Waals surface area contributed by atoms with Crippen molar-refractivity contribution in [2.24, 2.45) is 0 Å². The minimum atomic E-state index is -3.40. The van der Waals surface area contributed by atoms with E-state index in [1.165, 1.54) is 12.1 Å². The van der Waals surface area contributed by atoms with Gasteiger partial charge in [0, 0.05) is 13.0 Å². The van der Waals surface area contributed by atoms with E-state index in [9.17, 15) is 8.42 Å². The van der Waals surface area contributed by atoms with Crippen LogP contribution in [0.3, 0.4) is 0 Å². The van der Waals surface area contributed by atoms with Crippen LogP contribution >= 0.6 is 0 Å². The second kappa shape index (κ2) is 5.84. The minimum absolute atomic E-state index is 0.0599. The van der Waals surface area contributed by atoms with Crippen LogP contribution in [0.15, 0.2) is 41.5 Å². The van der Waals surface area contributed by atoms with Crippen molar-refractivity contribution in [1.82, 2.24) is 4.72 Å². The van der Waals surface area contributed by atoms with Crippen LogP contribution in [0.2, 0.25) is 0 Å². The normalized spacial score (nSPS) is 11.4. The van der Waals surface area contributed by atoms with E-state index >= 15 is 0 Å². The zero-order valence-corrected chi connectivity index (χ0v) is 10.6. The summed E-state index contributed by atoms with van der Waals surface area (Å²) in [6.07, 6.45) is 1.09. The van der Waals surface area contributed by atoms with Crippen molar-refractivity contribution >= 4 is 10.0 Å². The standard InChI is InChI=1S/C12H17NO3S/c1-3-8-13-17(15,16)12-6-4-11(5-7-12)9-10(2)14/h4-7,13-14H,2-3,8-9H2,1H3. The van der Waals surface area contributed by atoms with Crippen molar-refractivity contribution < 1.29 is 13.5 Å². The van der Waals surface area contributed by atoms with E-state index in [0.29, 0.717) is 13.0 Å². The first-order valence-electron chi connectivity index (χ1n) is 5.41. The highest BCUT2D eigenvalue weighted by Crippen LogP contribution is 2.12. The summed E-state index contributed by atoms with van der Waals surface area (Å²) in [6, 6.07) is 6.39. The Morgan fingerprint density at radius 3 is 2.41 bits per heavy atom. The van der Waals surface area contributed by atoms with Crippen LogP contribution in [0.4, 0.5) is 0 Å². The Hall–Kier alpha value is -1.33. The van der Waals surface area contributed by atoms with E-state index < -0.39 is 10.0 Å². The van der Waals surface area contributed by atoms with Gasteiger partial charge in [0.1, 0.15) is 0 Å². The second-order valence-electron chi connectivity index (χ2n) is 3.78. The van der Waals surface area contributed by atoms with Gasteiger partial charge in [0.15, 0.2) is 0 Å². The first-order valence-corrected chi connectivity index (χ1v) is 6.89. The molecule has 1 aromatic rings. The van der Waals surface area contributed by atoms with Crippen LogP contribution in [0.5, 0.6) is 0 Å². The number of hydrogen-bond donors (Lipinski definition) is 2. The van der Waals surface area contributed by atoms with Gasteiger partial charge >= 0.3 is 0 Å². The summed E-state index contributed by atoms with van der Waals surface area (Å²) in [5.41, 5.74) is 0.826. The Labute approximate surface area is 102 Å². The average Bonchev–Trinajstić information content (AvgIpc) is 2.26. The molecule has 1 rings (SSSR count). The highest BCUT2D eigenvalue weighted by atomic mass is 32.2. The molecule has 0 aliphatic carbocycles. The number of aliphatic hydroxyl groups is 1. The van der Waals surface area contributed by atoms with Crippen molar-refractivity contribution in [2.45, 2.75) is 24.7 Å². The molecule has 0 unspecified atom stereocenters. The lowest BCUT2D eigenvalue weighted by molar-refractivity contribution is 0.401. The van der Waals surface area contributed by atoms with Crippen LogP contribution in [0.25, 0.3) is 0 Å². The van der Waals surface area contributed by atoms with Gasteiger partial charge in [-0.15, -0.1) is 0 Å². The smallest absolute Gasteiger partial charge is 0.240 e. The summed E-state index contributed by atoms with van der Waals surface area (Å²) in [6.45, 7) is 5.72. The molecule has 0 bridgehead atoms. The van der Waals surface area contributed by atoms with Gasteiger partial charge in [0.05, 0.1) is 10.7 Å². The van der Waals surface area contributed by atoms with Gasteiger partial charge in [0.25, 0.3) is 0 Å². The number of hydrogen-bond acceptors (Lipinski definition) is 3. The molecule has 0 aliphatic rings. The summed E-state index contributed by atoms with van der Waals surface area (Å²) >= 11 is 0. The molecule has 5 heteroatoms. The van der Waals surface area contributed by atoms with Gasteiger partial charge in [-0.2, -0.15) is 0 Å². The van der Waals surface area contributed by atoms with Crippen LogP contribution in [0.1, 0.15) is 18.9 Å². The monoisotopic (exact) mass is 255 g/mol. The van der Waals surface area contributed by atoms with Gasteiger partial charge < -0.3 is 5.11 Å². The highest BCUT2D eigenvalue weighted by Gasteiger charge is 2.12. The number of benzene rings is 1. The van der Waals surface area contributed by atoms with Crippen LogP contribution < -0.4 is 4.72 Å². The molecule has 0 atom stereocenters. The molecule has 0 aromatic heterocycles.